The Morgan fingerprint density at radius 2 is 2.00 bits per heavy atom. The summed E-state index contributed by atoms with van der Waals surface area (Å²) in [6.07, 6.45) is -0.648. The second-order valence-corrected chi connectivity index (χ2v) is 5.94. The topological polar surface area (TPSA) is 49.3 Å². The van der Waals surface area contributed by atoms with Crippen LogP contribution >= 0.6 is 34.2 Å². The first-order valence-corrected chi connectivity index (χ1v) is 7.48. The molecule has 0 aliphatic heterocycles. The van der Waals surface area contributed by atoms with E-state index in [2.05, 4.69) is 27.9 Å². The van der Waals surface area contributed by atoms with Gasteiger partial charge in [-0.25, -0.2) is 0 Å². The van der Waals surface area contributed by atoms with Crippen LogP contribution in [0.15, 0.2) is 42.5 Å². The van der Waals surface area contributed by atoms with Crippen LogP contribution in [0.3, 0.4) is 0 Å². The molecule has 104 valence electrons. The number of anilines is 1. The average Bonchev–Trinajstić information content (AvgIpc) is 2.41. The number of carbonyl (C=O) groups is 1. The maximum absolute atomic E-state index is 12.3. The molecule has 1 unspecified atom stereocenters. The molecule has 0 saturated carbocycles. The molecule has 0 aliphatic rings. The first-order chi connectivity index (χ1) is 9.49. The average molecular weight is 402 g/mol. The van der Waals surface area contributed by atoms with Gasteiger partial charge >= 0.3 is 0 Å². The minimum absolute atomic E-state index is 0.245. The van der Waals surface area contributed by atoms with Crippen LogP contribution in [0.4, 0.5) is 5.69 Å². The Balaban J connectivity index is 2.31. The van der Waals surface area contributed by atoms with Gasteiger partial charge in [0.05, 0.1) is 11.7 Å². The standard InChI is InChI=1S/C15H13ClINO2/c1-9(19)11-4-2-3-5-14(11)18-15(20)12-8-10(16)6-7-13(12)17/h2-9,19H,1H3,(H,18,20). The lowest BCUT2D eigenvalue weighted by molar-refractivity contribution is 0.102. The lowest BCUT2D eigenvalue weighted by Gasteiger charge is -2.13. The molecule has 0 aromatic heterocycles. The van der Waals surface area contributed by atoms with Gasteiger partial charge < -0.3 is 10.4 Å². The van der Waals surface area contributed by atoms with Crippen molar-refractivity contribution < 1.29 is 9.90 Å². The number of aliphatic hydroxyl groups excluding tert-OH is 1. The summed E-state index contributed by atoms with van der Waals surface area (Å²) in [5.41, 5.74) is 1.79. The van der Waals surface area contributed by atoms with E-state index in [1.165, 1.54) is 0 Å². The zero-order chi connectivity index (χ0) is 14.7. The second kappa shape index (κ2) is 6.56. The predicted molar refractivity (Wildman–Crippen MR) is 89.2 cm³/mol. The van der Waals surface area contributed by atoms with Crippen LogP contribution in [0.2, 0.25) is 5.02 Å². The number of nitrogens with one attached hydrogen (secondary N) is 1. The van der Waals surface area contributed by atoms with E-state index in [0.29, 0.717) is 21.8 Å². The number of para-hydroxylation sites is 1. The van der Waals surface area contributed by atoms with Crippen molar-refractivity contribution in [1.29, 1.82) is 0 Å². The van der Waals surface area contributed by atoms with Gasteiger partial charge in [-0.15, -0.1) is 0 Å². The summed E-state index contributed by atoms with van der Waals surface area (Å²) < 4.78 is 0.819. The summed E-state index contributed by atoms with van der Waals surface area (Å²) in [5, 5.41) is 13.0. The highest BCUT2D eigenvalue weighted by Crippen LogP contribution is 2.24. The van der Waals surface area contributed by atoms with E-state index in [9.17, 15) is 9.90 Å². The molecular weight excluding hydrogens is 389 g/mol. The third-order valence-corrected chi connectivity index (χ3v) is 4.01. The Bertz CT molecular complexity index is 644. The first kappa shape index (κ1) is 15.3. The van der Waals surface area contributed by atoms with Crippen molar-refractivity contribution in [2.45, 2.75) is 13.0 Å². The molecule has 1 amide bonds. The van der Waals surface area contributed by atoms with E-state index in [4.69, 9.17) is 11.6 Å². The van der Waals surface area contributed by atoms with E-state index >= 15 is 0 Å². The third kappa shape index (κ3) is 3.50. The largest absolute Gasteiger partial charge is 0.389 e. The minimum Gasteiger partial charge on any atom is -0.389 e. The molecule has 3 nitrogen and oxygen atoms in total. The summed E-state index contributed by atoms with van der Waals surface area (Å²) in [5.74, 6) is -0.245. The van der Waals surface area contributed by atoms with Gasteiger partial charge in [0, 0.05) is 19.8 Å². The van der Waals surface area contributed by atoms with Crippen molar-refractivity contribution in [2.75, 3.05) is 5.32 Å². The molecule has 2 aromatic rings. The van der Waals surface area contributed by atoms with Gasteiger partial charge in [0.1, 0.15) is 0 Å². The molecule has 0 saturated heterocycles. The summed E-state index contributed by atoms with van der Waals surface area (Å²) in [7, 11) is 0. The highest BCUT2D eigenvalue weighted by Gasteiger charge is 2.14. The summed E-state index contributed by atoms with van der Waals surface area (Å²) in [6.45, 7) is 1.66. The Morgan fingerprint density at radius 1 is 1.30 bits per heavy atom. The maximum Gasteiger partial charge on any atom is 0.256 e. The molecule has 1 atom stereocenters. The lowest BCUT2D eigenvalue weighted by atomic mass is 10.1. The van der Waals surface area contributed by atoms with Gasteiger partial charge in [0.25, 0.3) is 5.91 Å². The Hall–Kier alpha value is -1.11. The molecular formula is C15H13ClINO2. The summed E-state index contributed by atoms with van der Waals surface area (Å²) in [4.78, 5) is 12.3. The van der Waals surface area contributed by atoms with Gasteiger partial charge in [-0.3, -0.25) is 4.79 Å². The van der Waals surface area contributed by atoms with Crippen molar-refractivity contribution in [3.8, 4) is 0 Å². The minimum atomic E-state index is -0.648. The molecule has 2 aromatic carbocycles. The number of halogens is 2. The normalized spacial score (nSPS) is 12.0. The van der Waals surface area contributed by atoms with Crippen LogP contribution in [0.5, 0.6) is 0 Å². The van der Waals surface area contributed by atoms with Crippen LogP contribution in [-0.2, 0) is 0 Å². The number of carbonyl (C=O) groups excluding carboxylic acids is 1. The maximum atomic E-state index is 12.3. The third-order valence-electron chi connectivity index (χ3n) is 2.83. The molecule has 2 N–H and O–H groups in total. The number of rotatable bonds is 3. The monoisotopic (exact) mass is 401 g/mol. The number of aliphatic hydroxyl groups is 1. The van der Waals surface area contributed by atoms with Crippen LogP contribution < -0.4 is 5.32 Å². The highest BCUT2D eigenvalue weighted by atomic mass is 127. The second-order valence-electron chi connectivity index (χ2n) is 4.34. The fourth-order valence-electron chi connectivity index (χ4n) is 1.84. The van der Waals surface area contributed by atoms with Gasteiger partial charge in [-0.2, -0.15) is 0 Å². The molecule has 0 aliphatic carbocycles. The highest BCUT2D eigenvalue weighted by molar-refractivity contribution is 14.1. The molecule has 0 spiro atoms. The van der Waals surface area contributed by atoms with E-state index in [-0.39, 0.29) is 5.91 Å². The Morgan fingerprint density at radius 3 is 2.70 bits per heavy atom. The molecule has 5 heteroatoms. The quantitative estimate of drug-likeness (QED) is 0.756. The predicted octanol–water partition coefficient (Wildman–Crippen LogP) is 4.25. The number of hydrogen-bond donors (Lipinski definition) is 2. The first-order valence-electron chi connectivity index (χ1n) is 6.02. The molecule has 0 fully saturated rings. The zero-order valence-electron chi connectivity index (χ0n) is 10.7. The van der Waals surface area contributed by atoms with Crippen LogP contribution in [0, 0.1) is 3.57 Å². The van der Waals surface area contributed by atoms with Crippen LogP contribution in [0.1, 0.15) is 28.9 Å². The van der Waals surface area contributed by atoms with Gasteiger partial charge in [0.15, 0.2) is 0 Å². The van der Waals surface area contributed by atoms with Crippen molar-refractivity contribution in [1.82, 2.24) is 0 Å². The molecule has 2 rings (SSSR count). The molecule has 0 bridgehead atoms. The Labute approximate surface area is 136 Å². The van der Waals surface area contributed by atoms with Crippen LogP contribution in [0.25, 0.3) is 0 Å². The Kier molecular flexibility index (Phi) is 5.01. The summed E-state index contributed by atoms with van der Waals surface area (Å²) >= 11 is 8.01. The molecule has 0 radical (unpaired) electrons. The fraction of sp³-hybridized carbons (Fsp3) is 0.133. The number of hydrogen-bond acceptors (Lipinski definition) is 2. The van der Waals surface area contributed by atoms with Gasteiger partial charge in [-0.05, 0) is 53.8 Å². The molecule has 0 heterocycles. The van der Waals surface area contributed by atoms with Crippen molar-refractivity contribution in [3.05, 3.63) is 62.2 Å². The van der Waals surface area contributed by atoms with Gasteiger partial charge in [-0.1, -0.05) is 29.8 Å². The van der Waals surface area contributed by atoms with E-state index in [1.807, 2.05) is 12.1 Å². The molecule has 20 heavy (non-hydrogen) atoms. The number of benzene rings is 2. The van der Waals surface area contributed by atoms with E-state index < -0.39 is 6.10 Å². The van der Waals surface area contributed by atoms with E-state index in [1.54, 1.807) is 37.3 Å². The van der Waals surface area contributed by atoms with Gasteiger partial charge in [0.2, 0.25) is 0 Å². The summed E-state index contributed by atoms with van der Waals surface area (Å²) in [6, 6.07) is 12.3. The van der Waals surface area contributed by atoms with E-state index in [0.717, 1.165) is 3.57 Å². The number of amides is 1. The van der Waals surface area contributed by atoms with Crippen molar-refractivity contribution >= 4 is 45.8 Å². The SMILES string of the molecule is CC(O)c1ccccc1NC(=O)c1cc(Cl)ccc1I. The van der Waals surface area contributed by atoms with Crippen molar-refractivity contribution in [3.63, 3.8) is 0 Å². The smallest absolute Gasteiger partial charge is 0.256 e. The fourth-order valence-corrected chi connectivity index (χ4v) is 2.59. The zero-order valence-corrected chi connectivity index (χ0v) is 13.6. The van der Waals surface area contributed by atoms with Crippen molar-refractivity contribution in [2.24, 2.45) is 0 Å². The lowest BCUT2D eigenvalue weighted by Crippen LogP contribution is -2.15. The van der Waals surface area contributed by atoms with Crippen LogP contribution in [-0.4, -0.2) is 11.0 Å².